The molecule has 0 saturated heterocycles. The van der Waals surface area contributed by atoms with E-state index in [9.17, 15) is 14.4 Å². The maximum absolute atomic E-state index is 14.7. The summed E-state index contributed by atoms with van der Waals surface area (Å²) in [6.45, 7) is 10.6. The highest BCUT2D eigenvalue weighted by molar-refractivity contribution is 7.08. The molecule has 8 heteroatoms. The Hall–Kier alpha value is -3.65. The van der Waals surface area contributed by atoms with E-state index in [2.05, 4.69) is 5.32 Å². The number of para-hydroxylation sites is 1. The molecule has 4 rings (SSSR count). The van der Waals surface area contributed by atoms with Crippen molar-refractivity contribution < 1.29 is 23.9 Å². The van der Waals surface area contributed by atoms with Crippen LogP contribution in [0.3, 0.4) is 0 Å². The number of amides is 3. The lowest BCUT2D eigenvalue weighted by atomic mass is 9.68. The Morgan fingerprint density at radius 2 is 1.51 bits per heavy atom. The second-order valence-electron chi connectivity index (χ2n) is 10.9. The molecule has 3 aromatic rings. The monoisotopic (exact) mass is 520 g/mol. The van der Waals surface area contributed by atoms with Crippen molar-refractivity contribution in [3.8, 4) is 0 Å². The van der Waals surface area contributed by atoms with Crippen molar-refractivity contribution in [2.45, 2.75) is 64.2 Å². The third-order valence-corrected chi connectivity index (χ3v) is 6.59. The first kappa shape index (κ1) is 26.4. The number of fused-ring (bicyclic) bond motifs is 1. The van der Waals surface area contributed by atoms with Crippen LogP contribution < -0.4 is 10.2 Å². The SMILES string of the molecule is CC(C)(C)OC(=O)N[C@@H](c1ccsc1)C1(c2ccccc2)C(=O)N(C(=O)OC(C)(C)C)c2ccccc21. The van der Waals surface area contributed by atoms with Crippen molar-refractivity contribution >= 4 is 35.1 Å². The van der Waals surface area contributed by atoms with Crippen LogP contribution in [0.2, 0.25) is 0 Å². The molecule has 0 radical (unpaired) electrons. The number of carbonyl (C=O) groups excluding carboxylic acids is 3. The van der Waals surface area contributed by atoms with Crippen molar-refractivity contribution in [3.63, 3.8) is 0 Å². The number of nitrogens with zero attached hydrogens (tertiary/aromatic N) is 1. The Kier molecular flexibility index (Phi) is 6.90. The first-order valence-electron chi connectivity index (χ1n) is 12.1. The summed E-state index contributed by atoms with van der Waals surface area (Å²) in [5.74, 6) is -0.513. The molecule has 2 heterocycles. The van der Waals surface area contributed by atoms with E-state index >= 15 is 0 Å². The van der Waals surface area contributed by atoms with Gasteiger partial charge in [-0.15, -0.1) is 0 Å². The largest absolute Gasteiger partial charge is 0.444 e. The van der Waals surface area contributed by atoms with Crippen molar-refractivity contribution in [1.29, 1.82) is 0 Å². The van der Waals surface area contributed by atoms with Gasteiger partial charge < -0.3 is 14.8 Å². The van der Waals surface area contributed by atoms with Gasteiger partial charge in [0.25, 0.3) is 5.91 Å². The molecular formula is C29H32N2O5S. The molecule has 0 spiro atoms. The quantitative estimate of drug-likeness (QED) is 0.420. The summed E-state index contributed by atoms with van der Waals surface area (Å²) in [5.41, 5.74) is -0.678. The van der Waals surface area contributed by atoms with Gasteiger partial charge in [-0.3, -0.25) is 4.79 Å². The number of hydrogen-bond donors (Lipinski definition) is 1. The van der Waals surface area contributed by atoms with Crippen LogP contribution in [0.1, 0.15) is 64.3 Å². The van der Waals surface area contributed by atoms with Gasteiger partial charge in [-0.05, 0) is 81.1 Å². The predicted molar refractivity (Wildman–Crippen MR) is 144 cm³/mol. The lowest BCUT2D eigenvalue weighted by molar-refractivity contribution is -0.122. The summed E-state index contributed by atoms with van der Waals surface area (Å²) < 4.78 is 11.3. The Bertz CT molecular complexity index is 1290. The minimum Gasteiger partial charge on any atom is -0.444 e. The van der Waals surface area contributed by atoms with Gasteiger partial charge in [0.15, 0.2) is 0 Å². The number of thiophene rings is 1. The first-order chi connectivity index (χ1) is 17.3. The smallest absolute Gasteiger partial charge is 0.421 e. The molecule has 0 saturated carbocycles. The minimum atomic E-state index is -1.47. The number of benzene rings is 2. The standard InChI is InChI=1S/C29H32N2O5S/c1-27(2,3)35-25(33)30-23(19-16-17-37-18-19)29(20-12-8-7-9-13-20)21-14-10-11-15-22(21)31(24(29)32)26(34)36-28(4,5)6/h7-18,23H,1-6H3,(H,30,33)/t23-,29?/m0/s1. The highest BCUT2D eigenvalue weighted by Gasteiger charge is 2.60. The van der Waals surface area contributed by atoms with Crippen LogP contribution in [0.4, 0.5) is 15.3 Å². The van der Waals surface area contributed by atoms with E-state index < -0.39 is 40.8 Å². The van der Waals surface area contributed by atoms with Crippen LogP contribution in [0, 0.1) is 0 Å². The van der Waals surface area contributed by atoms with Crippen LogP contribution in [0.15, 0.2) is 71.4 Å². The molecule has 1 unspecified atom stereocenters. The number of ether oxygens (including phenoxy) is 2. The van der Waals surface area contributed by atoms with Crippen LogP contribution in [-0.4, -0.2) is 29.3 Å². The number of nitrogens with one attached hydrogen (secondary N) is 1. The zero-order chi connectivity index (χ0) is 27.0. The summed E-state index contributed by atoms with van der Waals surface area (Å²) in [4.78, 5) is 42.4. The lowest BCUT2D eigenvalue weighted by Crippen LogP contribution is -2.53. The van der Waals surface area contributed by atoms with Crippen LogP contribution in [0.5, 0.6) is 0 Å². The molecule has 1 aliphatic rings. The van der Waals surface area contributed by atoms with Crippen LogP contribution in [0.25, 0.3) is 0 Å². The molecule has 194 valence electrons. The highest BCUT2D eigenvalue weighted by atomic mass is 32.1. The fraction of sp³-hybridized carbons (Fsp3) is 0.345. The van der Waals surface area contributed by atoms with Crippen molar-refractivity contribution in [3.05, 3.63) is 88.1 Å². The van der Waals surface area contributed by atoms with E-state index in [1.54, 1.807) is 53.7 Å². The minimum absolute atomic E-state index is 0.414. The van der Waals surface area contributed by atoms with Gasteiger partial charge in [0.05, 0.1) is 11.7 Å². The Morgan fingerprint density at radius 1 is 0.892 bits per heavy atom. The molecule has 0 fully saturated rings. The predicted octanol–water partition coefficient (Wildman–Crippen LogP) is 6.58. The molecule has 1 aromatic heterocycles. The van der Waals surface area contributed by atoms with E-state index in [1.165, 1.54) is 11.3 Å². The van der Waals surface area contributed by atoms with Crippen molar-refractivity contribution in [2.24, 2.45) is 0 Å². The van der Waals surface area contributed by atoms with Gasteiger partial charge in [0.1, 0.15) is 16.6 Å². The third kappa shape index (κ3) is 5.11. The fourth-order valence-corrected chi connectivity index (χ4v) is 5.31. The van der Waals surface area contributed by atoms with Gasteiger partial charge in [0.2, 0.25) is 0 Å². The summed E-state index contributed by atoms with van der Waals surface area (Å²) in [7, 11) is 0. The molecule has 1 aliphatic heterocycles. The molecule has 0 aliphatic carbocycles. The molecule has 0 bridgehead atoms. The molecule has 2 atom stereocenters. The molecular weight excluding hydrogens is 488 g/mol. The second kappa shape index (κ2) is 9.67. The highest BCUT2D eigenvalue weighted by Crippen LogP contribution is 2.53. The molecule has 37 heavy (non-hydrogen) atoms. The van der Waals surface area contributed by atoms with E-state index in [-0.39, 0.29) is 0 Å². The van der Waals surface area contributed by atoms with Crippen molar-refractivity contribution in [1.82, 2.24) is 5.32 Å². The molecule has 7 nitrogen and oxygen atoms in total. The Balaban J connectivity index is 1.97. The summed E-state index contributed by atoms with van der Waals surface area (Å²) >= 11 is 1.45. The number of imide groups is 1. The topological polar surface area (TPSA) is 84.9 Å². The first-order valence-corrected chi connectivity index (χ1v) is 13.0. The number of alkyl carbamates (subject to hydrolysis) is 1. The van der Waals surface area contributed by atoms with Gasteiger partial charge in [-0.25, -0.2) is 14.5 Å². The number of rotatable bonds is 4. The molecule has 2 aromatic carbocycles. The second-order valence-corrected chi connectivity index (χ2v) is 11.7. The van der Waals surface area contributed by atoms with Crippen molar-refractivity contribution in [2.75, 3.05) is 4.90 Å². The summed E-state index contributed by atoms with van der Waals surface area (Å²) in [6.07, 6.45) is -1.44. The molecule has 1 N–H and O–H groups in total. The summed E-state index contributed by atoms with van der Waals surface area (Å²) in [5, 5.41) is 6.75. The van der Waals surface area contributed by atoms with E-state index in [0.717, 1.165) is 4.90 Å². The maximum Gasteiger partial charge on any atom is 0.421 e. The van der Waals surface area contributed by atoms with Gasteiger partial charge in [0, 0.05) is 0 Å². The maximum atomic E-state index is 14.7. The normalized spacial score (nSPS) is 18.2. The van der Waals surface area contributed by atoms with E-state index in [0.29, 0.717) is 22.4 Å². The number of hydrogen-bond acceptors (Lipinski definition) is 6. The van der Waals surface area contributed by atoms with E-state index in [4.69, 9.17) is 9.47 Å². The van der Waals surface area contributed by atoms with Crippen LogP contribution >= 0.6 is 11.3 Å². The van der Waals surface area contributed by atoms with Crippen LogP contribution in [-0.2, 0) is 19.7 Å². The number of anilines is 1. The zero-order valence-corrected chi connectivity index (χ0v) is 22.7. The van der Waals surface area contributed by atoms with Gasteiger partial charge in [-0.2, -0.15) is 11.3 Å². The third-order valence-electron chi connectivity index (χ3n) is 5.89. The molecule has 3 amide bonds. The Morgan fingerprint density at radius 3 is 2.11 bits per heavy atom. The average Bonchev–Trinajstić information content (AvgIpc) is 3.41. The van der Waals surface area contributed by atoms with E-state index in [1.807, 2.05) is 59.3 Å². The fourth-order valence-electron chi connectivity index (χ4n) is 4.62. The zero-order valence-electron chi connectivity index (χ0n) is 21.9. The average molecular weight is 521 g/mol. The summed E-state index contributed by atoms with van der Waals surface area (Å²) in [6, 6.07) is 17.3. The lowest BCUT2D eigenvalue weighted by Gasteiger charge is -2.37. The number of carbonyl (C=O) groups is 3. The van der Waals surface area contributed by atoms with Gasteiger partial charge in [-0.1, -0.05) is 48.5 Å². The van der Waals surface area contributed by atoms with Gasteiger partial charge >= 0.3 is 12.2 Å². The Labute approximate surface area is 221 Å².